The van der Waals surface area contributed by atoms with Crippen molar-refractivity contribution >= 4 is 635 Å². The van der Waals surface area contributed by atoms with Crippen LogP contribution in [0.1, 0.15) is 50.3 Å². The van der Waals surface area contributed by atoms with Crippen molar-refractivity contribution in [3.63, 3.8) is 0 Å². The minimum atomic E-state index is -1.09. The van der Waals surface area contributed by atoms with Crippen LogP contribution >= 0.6 is 23.2 Å². The summed E-state index contributed by atoms with van der Waals surface area (Å²) in [5, 5.41) is 12.5. The fourth-order valence-electron chi connectivity index (χ4n) is 6.28. The number of rotatable bonds is 6. The lowest BCUT2D eigenvalue weighted by atomic mass is 9.89. The third kappa shape index (κ3) is 65.9. The normalized spacial score (nSPS) is 12.1. The van der Waals surface area contributed by atoms with E-state index in [2.05, 4.69) is 4.90 Å². The number of piperazine rings is 1. The molecule has 2 fully saturated rings. The maximum atomic E-state index is 13.5. The summed E-state index contributed by atoms with van der Waals surface area (Å²) in [6.45, 7) is 6.41. The average Bonchev–Trinajstić information content (AvgIpc) is 0.780. The lowest BCUT2D eigenvalue weighted by Crippen LogP contribution is -2.63. The Morgan fingerprint density at radius 2 is 0.596 bits per heavy atom. The van der Waals surface area contributed by atoms with Gasteiger partial charge in [0.1, 0.15) is 0 Å². The van der Waals surface area contributed by atoms with E-state index in [0.29, 0.717) is 49.2 Å². The zero-order valence-electron chi connectivity index (χ0n) is 48.8. The highest BCUT2D eigenvalue weighted by Gasteiger charge is 2.42. The third-order valence-corrected chi connectivity index (χ3v) is 152. The summed E-state index contributed by atoms with van der Waals surface area (Å²) < 4.78 is 0. The molecule has 1 atom stereocenters. The third-order valence-electron chi connectivity index (χ3n) is 9.45. The van der Waals surface area contributed by atoms with Crippen LogP contribution in [0.15, 0.2) is 48.5 Å². The minimum absolute atomic E-state index is 0.0545. The highest BCUT2D eigenvalue weighted by molar-refractivity contribution is 8.84. The van der Waals surface area contributed by atoms with E-state index in [9.17, 15) is 14.7 Å². The van der Waals surface area contributed by atoms with Gasteiger partial charge >= 0.3 is 6.03 Å². The molecule has 2 aromatic carbocycles. The van der Waals surface area contributed by atoms with Gasteiger partial charge in [0, 0.05) is 649 Å². The number of benzene rings is 2. The molecule has 0 spiro atoms. The highest BCUT2D eigenvalue weighted by atomic mass is 35.5. The SMILES string of the molecule is CC(C)(O)[C@H]1CN(C(c2ccc(Cl)cc2)c2ccc(Cl)cc2)CCN1C(=O)CC1CCN(C(N)=O)CC1.S=S=S=S=S=S=S=S=S=S=S=S=S=S=S=S=S=S=S=S=S=S=S=S=S=S=S=S=S=S=S=S=S=S=S=S=S=S=S=S=S=S=S=S=S=S=S=S=S=S=S=S=S=S=S=S=S=S=S=S=S=S=S=S=S=S=S. The van der Waals surface area contributed by atoms with Crippen LogP contribution in [0.3, 0.4) is 0 Å². The molecule has 2 saturated heterocycles. The quantitative estimate of drug-likeness (QED) is 0.447. The Balaban J connectivity index is 0.000000631. The van der Waals surface area contributed by atoms with Crippen molar-refractivity contribution in [1.29, 1.82) is 0 Å². The zero-order chi connectivity index (χ0) is 74.7. The maximum Gasteiger partial charge on any atom is 0.314 e. The molecule has 2 aliphatic heterocycles. The van der Waals surface area contributed by atoms with Crippen LogP contribution in [-0.2, 0) is 604 Å². The number of hydrogen-bond acceptors (Lipinski definition) is 6. The summed E-state index contributed by atoms with van der Waals surface area (Å²) in [5.41, 5.74) is 6.48. The van der Waals surface area contributed by atoms with Gasteiger partial charge in [-0.2, -0.15) is 0 Å². The van der Waals surface area contributed by atoms with E-state index < -0.39 is 11.6 Å². The van der Waals surface area contributed by atoms with Crippen LogP contribution in [0.5, 0.6) is 0 Å². The number of carbonyl (C=O) groups is 2. The summed E-state index contributed by atoms with van der Waals surface area (Å²) in [5.74, 6) is 0.262. The number of carbonyl (C=O) groups excluding carboxylic acids is 2. The predicted octanol–water partition coefficient (Wildman–Crippen LogP) is 4.39. The first-order valence-corrected chi connectivity index (χ1v) is 113. The van der Waals surface area contributed by atoms with Gasteiger partial charge in [0.15, 0.2) is 0 Å². The van der Waals surface area contributed by atoms with Gasteiger partial charge in [0.2, 0.25) is 5.91 Å². The number of piperidine rings is 1. The first-order chi connectivity index (χ1) is 50.9. The van der Waals surface area contributed by atoms with Crippen molar-refractivity contribution in [3.8, 4) is 0 Å². The van der Waals surface area contributed by atoms with Crippen LogP contribution in [0.25, 0.3) is 0 Å². The number of likely N-dealkylation sites (tertiary alicyclic amines) is 1. The fourth-order valence-corrected chi connectivity index (χ4v) is 179. The van der Waals surface area contributed by atoms with Crippen molar-refractivity contribution < 1.29 is 14.7 Å². The van der Waals surface area contributed by atoms with Gasteiger partial charge in [-0.3, -0.25) is 9.69 Å². The lowest BCUT2D eigenvalue weighted by Gasteiger charge is -2.49. The van der Waals surface area contributed by atoms with Gasteiger partial charge in [-0.1, -0.05) is 47.5 Å². The Bertz CT molecular complexity index is 6350. The number of hydrogen-bond donors (Lipinski definition) is 2. The van der Waals surface area contributed by atoms with Crippen molar-refractivity contribution in [2.75, 3.05) is 32.7 Å². The second kappa shape index (κ2) is 82.4. The second-order valence-corrected chi connectivity index (χ2v) is 131. The number of nitrogens with zero attached hydrogens (tertiary/aromatic N) is 3. The number of aliphatic hydroxyl groups is 1. The van der Waals surface area contributed by atoms with Crippen LogP contribution < -0.4 is 5.73 Å². The van der Waals surface area contributed by atoms with E-state index in [0.717, 1.165) is 24.0 Å². The van der Waals surface area contributed by atoms with E-state index in [1.165, 1.54) is 17.8 Å². The van der Waals surface area contributed by atoms with Gasteiger partial charge in [-0.05, 0) is 68.0 Å². The lowest BCUT2D eigenvalue weighted by molar-refractivity contribution is -0.146. The predicted molar refractivity (Wildman–Crippen MR) is 640 cm³/mol. The monoisotopic (exact) mass is 2690 g/mol. The van der Waals surface area contributed by atoms with Crippen molar-refractivity contribution in [2.45, 2.75) is 50.8 Å². The Kier molecular flexibility index (Phi) is 87.6. The molecular formula is C28H36Cl2N4O3S67. The molecule has 76 heteroatoms. The molecule has 3 N–H and O–H groups in total. The highest BCUT2D eigenvalue weighted by Crippen LogP contribution is 2.35. The number of amides is 3. The molecule has 0 radical (unpaired) electrons. The van der Waals surface area contributed by atoms with E-state index in [-0.39, 0.29) is 23.9 Å². The molecule has 602 valence electrons. The van der Waals surface area contributed by atoms with Crippen LogP contribution in [0.2, 0.25) is 10.0 Å². The maximum absolute atomic E-state index is 13.5. The smallest absolute Gasteiger partial charge is 0.314 e. The van der Waals surface area contributed by atoms with Crippen LogP contribution in [-0.4, -0.2) is 76.1 Å². The molecular weight excluding hydrogens is 2660 g/mol. The van der Waals surface area contributed by atoms with Crippen LogP contribution in [0.4, 0.5) is 4.79 Å². The zero-order valence-corrected chi connectivity index (χ0v) is 105. The summed E-state index contributed by atoms with van der Waals surface area (Å²) in [6, 6.07) is 14.8. The van der Waals surface area contributed by atoms with Gasteiger partial charge < -0.3 is 20.6 Å². The second-order valence-electron chi connectivity index (χ2n) is 15.2. The molecule has 0 aliphatic carbocycles. The first-order valence-electron chi connectivity index (χ1n) is 23.8. The van der Waals surface area contributed by atoms with Crippen molar-refractivity contribution in [3.05, 3.63) is 69.7 Å². The summed E-state index contributed by atoms with van der Waals surface area (Å²) in [6.07, 6.45) is 1.94. The number of nitrogens with two attached hydrogens (primary N) is 1. The Morgan fingerprint density at radius 1 is 0.385 bits per heavy atom. The minimum Gasteiger partial charge on any atom is -0.388 e. The van der Waals surface area contributed by atoms with E-state index in [1.807, 2.05) is 506 Å². The molecule has 2 heterocycles. The summed E-state index contributed by atoms with van der Waals surface area (Å²) in [7, 11) is 117. The largest absolute Gasteiger partial charge is 0.388 e. The molecule has 0 unspecified atom stereocenters. The average molecular weight is 2700 g/mol. The molecule has 4 rings (SSSR count). The van der Waals surface area contributed by atoms with E-state index >= 15 is 0 Å². The molecule has 0 aromatic heterocycles. The van der Waals surface area contributed by atoms with Gasteiger partial charge in [-0.25, -0.2) is 4.79 Å². The summed E-state index contributed by atoms with van der Waals surface area (Å²) in [4.78, 5) is 30.7. The van der Waals surface area contributed by atoms with E-state index in [4.69, 9.17) is 51.3 Å². The number of halogens is 2. The fraction of sp³-hybridized carbons (Fsp3) is 0.500. The Morgan fingerprint density at radius 3 is 0.788 bits per heavy atom. The Labute approximate surface area is 808 Å². The molecule has 2 aliphatic rings. The van der Waals surface area contributed by atoms with Crippen molar-refractivity contribution in [1.82, 2.24) is 14.7 Å². The first kappa shape index (κ1) is 111. The van der Waals surface area contributed by atoms with Gasteiger partial charge in [-0.15, -0.1) is 0 Å². The molecule has 2 aromatic rings. The standard InChI is InChI=1S/C28H36Cl2N4O3.S67/c1-28(2,37)24-18-33(15-16-34(24)25(35)17-19-11-13-32(14-12-19)27(31)36)26(20-3-7-22(29)8-4-20)21-5-9-23(30)10-6-21;1-3-5-7-9-11-13-15-17-19-21-23-25-27-29-31-33-35-37-39-41-43-45-47-49-51-53-55-57-59-61-63-65-67-66-64-62-60-58-56-54-52-50-48-46-44-42-40-38-36-34-32-30-28-26-24-22-20-18-16-14-12-10-8-6-4-2/h3-10,19,24,26,37H,11-18H2,1-2H3,(H2,31,36);/t24-;/m1./s1. The molecule has 3 amide bonds. The Hall–Kier alpha value is 12.4. The summed E-state index contributed by atoms with van der Waals surface area (Å²) >= 11 is 22.0. The molecule has 104 heavy (non-hydrogen) atoms. The number of primary amides is 1. The number of urea groups is 1. The molecule has 7 nitrogen and oxygen atoms in total. The van der Waals surface area contributed by atoms with Crippen LogP contribution in [0, 0.1) is 5.92 Å². The van der Waals surface area contributed by atoms with Gasteiger partial charge in [0.25, 0.3) is 0 Å². The van der Waals surface area contributed by atoms with E-state index in [1.54, 1.807) is 125 Å². The van der Waals surface area contributed by atoms with Crippen molar-refractivity contribution in [2.24, 2.45) is 11.7 Å². The molecule has 0 saturated carbocycles. The molecule has 0 bridgehead atoms. The topological polar surface area (TPSA) is 90.1 Å². The van der Waals surface area contributed by atoms with Gasteiger partial charge in [0.05, 0.1) is 17.7 Å².